The van der Waals surface area contributed by atoms with E-state index in [9.17, 15) is 24.3 Å². The van der Waals surface area contributed by atoms with E-state index in [4.69, 9.17) is 9.72 Å². The number of hydrogen-bond donors (Lipinski definition) is 3. The first-order valence-corrected chi connectivity index (χ1v) is 25.9. The fourth-order valence-electron chi connectivity index (χ4n) is 9.92. The smallest absolute Gasteiger partial charge is 0.246 e. The number of rotatable bonds is 15. The second kappa shape index (κ2) is 22.3. The molecule has 3 saturated heterocycles. The van der Waals surface area contributed by atoms with Crippen molar-refractivity contribution < 1.29 is 37.8 Å². The van der Waals surface area contributed by atoms with E-state index >= 15 is 8.78 Å². The van der Waals surface area contributed by atoms with Gasteiger partial charge in [-0.15, -0.1) is 11.3 Å². The van der Waals surface area contributed by atoms with E-state index in [0.29, 0.717) is 80.1 Å². The molecule has 3 aromatic heterocycles. The van der Waals surface area contributed by atoms with Crippen molar-refractivity contribution in [3.63, 3.8) is 0 Å². The van der Waals surface area contributed by atoms with Gasteiger partial charge in [0.05, 0.1) is 70.6 Å². The Balaban J connectivity index is 0.749. The summed E-state index contributed by atoms with van der Waals surface area (Å²) in [5, 5.41) is 21.1. The minimum absolute atomic E-state index is 0.0268. The van der Waals surface area contributed by atoms with Gasteiger partial charge < -0.3 is 30.3 Å². The molecular formula is C54H62F2N10O6S. The Labute approximate surface area is 427 Å². The van der Waals surface area contributed by atoms with Gasteiger partial charge in [-0.2, -0.15) is 5.10 Å². The van der Waals surface area contributed by atoms with E-state index in [-0.39, 0.29) is 74.6 Å². The van der Waals surface area contributed by atoms with Crippen LogP contribution in [0.3, 0.4) is 0 Å². The monoisotopic (exact) mass is 1020 g/mol. The van der Waals surface area contributed by atoms with Crippen LogP contribution < -0.4 is 10.6 Å². The lowest BCUT2D eigenvalue weighted by Gasteiger charge is -2.35. The van der Waals surface area contributed by atoms with Crippen LogP contribution in [0.25, 0.3) is 43.9 Å². The first-order chi connectivity index (χ1) is 35.1. The number of morpholine rings is 1. The van der Waals surface area contributed by atoms with Gasteiger partial charge in [0.25, 0.3) is 0 Å². The van der Waals surface area contributed by atoms with Gasteiger partial charge in [0.1, 0.15) is 23.7 Å². The number of ether oxygens (including phenoxy) is 1. The number of piperidine rings is 1. The molecule has 16 nitrogen and oxygen atoms in total. The van der Waals surface area contributed by atoms with E-state index in [1.807, 2.05) is 79.3 Å². The summed E-state index contributed by atoms with van der Waals surface area (Å²) in [5.74, 6) is -2.50. The topological polar surface area (TPSA) is 188 Å². The third-order valence-corrected chi connectivity index (χ3v) is 15.1. The van der Waals surface area contributed by atoms with Crippen LogP contribution in [-0.2, 0) is 37.0 Å². The quantitative estimate of drug-likeness (QED) is 0.0977. The summed E-state index contributed by atoms with van der Waals surface area (Å²) < 4.78 is 38.2. The van der Waals surface area contributed by atoms with E-state index in [0.717, 1.165) is 27.3 Å². The molecule has 384 valence electrons. The van der Waals surface area contributed by atoms with Gasteiger partial charge in [0.15, 0.2) is 0 Å². The third kappa shape index (κ3) is 12.0. The fraction of sp³-hybridized carbons (Fsp3) is 0.444. The highest BCUT2D eigenvalue weighted by Crippen LogP contribution is 2.33. The Morgan fingerprint density at radius 3 is 2.36 bits per heavy atom. The lowest BCUT2D eigenvalue weighted by molar-refractivity contribution is -0.144. The maximum absolute atomic E-state index is 15.5. The molecule has 3 aliphatic heterocycles. The van der Waals surface area contributed by atoms with Crippen molar-refractivity contribution >= 4 is 46.0 Å². The number of nitrogens with zero attached hydrogens (tertiary/aromatic N) is 8. The van der Waals surface area contributed by atoms with Crippen LogP contribution in [0.4, 0.5) is 8.78 Å². The number of aliphatic hydroxyl groups excluding tert-OH is 1. The number of carbonyl (C=O) groups excluding carboxylic acids is 4. The van der Waals surface area contributed by atoms with Gasteiger partial charge in [-0.05, 0) is 66.5 Å². The minimum Gasteiger partial charge on any atom is -0.391 e. The molecule has 0 aliphatic carbocycles. The van der Waals surface area contributed by atoms with Crippen molar-refractivity contribution in [3.05, 3.63) is 107 Å². The van der Waals surface area contributed by atoms with Gasteiger partial charge in [0.2, 0.25) is 23.6 Å². The number of aliphatic hydroxyl groups is 1. The highest BCUT2D eigenvalue weighted by Gasteiger charge is 2.44. The number of halogens is 2. The second-order valence-corrected chi connectivity index (χ2v) is 21.2. The number of hydrogen-bond acceptors (Lipinski definition) is 12. The number of amides is 4. The van der Waals surface area contributed by atoms with Crippen molar-refractivity contribution in [1.29, 1.82) is 0 Å². The van der Waals surface area contributed by atoms with Crippen molar-refractivity contribution in [1.82, 2.24) is 50.1 Å². The minimum atomic E-state index is -0.974. The molecule has 3 aromatic carbocycles. The predicted octanol–water partition coefficient (Wildman–Crippen LogP) is 6.85. The standard InChI is InChI=1S/C54H62F2N10O6S/c1-33-50(73-32-59-33)35-13-11-34(12-14-35)26-58-52(70)46-25-39(67)30-65(46)53(71)51(54(2,3)4)62-47(68)9-6-10-48(69)64-17-15-38(16-18-64)66-29-37(27-60-66)45-28-57-44-8-5-7-40(49(44)61-45)36-23-42(55)41(43(56)24-36)31-63-19-21-72-22-20-63/h5,7-8,11-14,23-24,27-29,32,38-39,46,51,67H,6,9-10,15-22,25-26,30-31H2,1-4H3,(H,58,70)(H,62,68)/t39-,46+,51?/m1/s1. The summed E-state index contributed by atoms with van der Waals surface area (Å²) in [5.41, 5.74) is 7.30. The number of fused-ring (bicyclic) bond motifs is 1. The van der Waals surface area contributed by atoms with Crippen LogP contribution in [0.15, 0.2) is 78.7 Å². The molecule has 1 unspecified atom stereocenters. The number of aryl methyl sites for hydroxylation is 1. The summed E-state index contributed by atoms with van der Waals surface area (Å²) in [7, 11) is 0. The zero-order valence-electron chi connectivity index (χ0n) is 41.7. The third-order valence-electron chi connectivity index (χ3n) is 14.1. The van der Waals surface area contributed by atoms with Crippen LogP contribution in [0.2, 0.25) is 0 Å². The van der Waals surface area contributed by atoms with E-state index in [1.54, 1.807) is 40.8 Å². The van der Waals surface area contributed by atoms with Gasteiger partial charge in [-0.1, -0.05) is 57.2 Å². The molecule has 9 rings (SSSR count). The molecule has 0 saturated carbocycles. The average Bonchev–Trinajstić information content (AvgIpc) is 4.16. The molecule has 73 heavy (non-hydrogen) atoms. The van der Waals surface area contributed by atoms with Crippen LogP contribution in [0.1, 0.15) is 82.2 Å². The molecule has 3 N–H and O–H groups in total. The van der Waals surface area contributed by atoms with Gasteiger partial charge in [0, 0.05) is 88.0 Å². The normalized spacial score (nSPS) is 18.3. The number of β-amino-alcohol motifs (C(OH)–C–C–N with tert-alkyl or cyclic N) is 1. The number of nitrogens with one attached hydrogen (secondary N) is 2. The lowest BCUT2D eigenvalue weighted by atomic mass is 9.85. The molecule has 0 radical (unpaired) electrons. The number of thiazole rings is 1. The molecule has 3 aliphatic rings. The number of para-hydroxylation sites is 1. The van der Waals surface area contributed by atoms with Crippen LogP contribution >= 0.6 is 11.3 Å². The van der Waals surface area contributed by atoms with Gasteiger partial charge in [-0.25, -0.2) is 18.7 Å². The molecule has 0 bridgehead atoms. The summed E-state index contributed by atoms with van der Waals surface area (Å²) in [6, 6.07) is 14.1. The Morgan fingerprint density at radius 2 is 1.66 bits per heavy atom. The molecule has 19 heteroatoms. The number of aromatic nitrogens is 5. The molecule has 4 amide bonds. The van der Waals surface area contributed by atoms with Crippen LogP contribution in [-0.4, -0.2) is 132 Å². The largest absolute Gasteiger partial charge is 0.391 e. The van der Waals surface area contributed by atoms with Crippen molar-refractivity contribution in [3.8, 4) is 32.8 Å². The second-order valence-electron chi connectivity index (χ2n) is 20.4. The number of benzene rings is 3. The maximum Gasteiger partial charge on any atom is 0.246 e. The summed E-state index contributed by atoms with van der Waals surface area (Å²) in [6.45, 7) is 11.2. The highest BCUT2D eigenvalue weighted by molar-refractivity contribution is 7.13. The van der Waals surface area contributed by atoms with Crippen molar-refractivity contribution in [2.45, 2.75) is 104 Å². The number of likely N-dealkylation sites (tertiary alicyclic amines) is 2. The number of carbonyl (C=O) groups is 4. The molecule has 3 fully saturated rings. The van der Waals surface area contributed by atoms with Crippen molar-refractivity contribution in [2.75, 3.05) is 45.9 Å². The Hall–Kier alpha value is -6.54. The van der Waals surface area contributed by atoms with E-state index < -0.39 is 41.1 Å². The average molecular weight is 1020 g/mol. The SMILES string of the molecule is Cc1ncsc1-c1ccc(CNC(=O)[C@@H]2C[C@@H](O)CN2C(=O)C(NC(=O)CCCC(=O)N2CCC(n3cc(-c4cnc5cccc(-c6cc(F)c(CN7CCOCC7)c(F)c6)c5n4)cn3)CC2)C(C)(C)C)cc1. The Bertz CT molecular complexity index is 2940. The first-order valence-electron chi connectivity index (χ1n) is 25.0. The zero-order chi connectivity index (χ0) is 51.4. The Kier molecular flexibility index (Phi) is 15.7. The molecule has 6 heterocycles. The molecular weight excluding hydrogens is 955 g/mol. The van der Waals surface area contributed by atoms with Crippen molar-refractivity contribution in [2.24, 2.45) is 5.41 Å². The molecule has 0 spiro atoms. The van der Waals surface area contributed by atoms with E-state index in [2.05, 4.69) is 25.7 Å². The summed E-state index contributed by atoms with van der Waals surface area (Å²) >= 11 is 1.57. The highest BCUT2D eigenvalue weighted by atomic mass is 32.1. The van der Waals surface area contributed by atoms with Crippen LogP contribution in [0.5, 0.6) is 0 Å². The first kappa shape index (κ1) is 51.4. The van der Waals surface area contributed by atoms with E-state index in [1.165, 1.54) is 17.0 Å². The molecule has 3 atom stereocenters. The van der Waals surface area contributed by atoms with Gasteiger partial charge in [-0.3, -0.25) is 33.7 Å². The maximum atomic E-state index is 15.5. The lowest BCUT2D eigenvalue weighted by Crippen LogP contribution is -2.57. The summed E-state index contributed by atoms with van der Waals surface area (Å²) in [4.78, 5) is 74.5. The fourth-order valence-corrected chi connectivity index (χ4v) is 10.7. The van der Waals surface area contributed by atoms with Crippen LogP contribution in [0, 0.1) is 24.0 Å². The predicted molar refractivity (Wildman–Crippen MR) is 273 cm³/mol. The summed E-state index contributed by atoms with van der Waals surface area (Å²) in [6.07, 6.45) is 6.28. The van der Waals surface area contributed by atoms with Gasteiger partial charge >= 0.3 is 0 Å². The Morgan fingerprint density at radius 1 is 0.918 bits per heavy atom. The zero-order valence-corrected chi connectivity index (χ0v) is 42.5. The molecule has 6 aromatic rings.